The van der Waals surface area contributed by atoms with Gasteiger partial charge in [0, 0.05) is 6.04 Å². The van der Waals surface area contributed by atoms with E-state index in [2.05, 4.69) is 5.32 Å². The van der Waals surface area contributed by atoms with Crippen LogP contribution in [0.5, 0.6) is 0 Å². The molecule has 1 heterocycles. The molecule has 1 rings (SSSR count). The molecule has 1 aliphatic heterocycles. The van der Waals surface area contributed by atoms with E-state index >= 15 is 0 Å². The maximum atomic E-state index is 11.4. The van der Waals surface area contributed by atoms with Crippen LogP contribution >= 0.6 is 0 Å². The standard InChI is InChI=1S/C8H15NO4S/c1-6(5-10)9-8(11)7-3-2-4-14(7,12)13/h6-7,10H,2-5H2,1H3,(H,9,11)/t6-,7?/m0/s1. The van der Waals surface area contributed by atoms with Gasteiger partial charge in [-0.05, 0) is 19.8 Å². The Bertz CT molecular complexity index is 311. The van der Waals surface area contributed by atoms with Crippen LogP contribution in [0.3, 0.4) is 0 Å². The fourth-order valence-electron chi connectivity index (χ4n) is 1.47. The summed E-state index contributed by atoms with van der Waals surface area (Å²) in [5.41, 5.74) is 0. The second-order valence-electron chi connectivity index (χ2n) is 3.59. The number of nitrogens with one attached hydrogen (secondary N) is 1. The monoisotopic (exact) mass is 221 g/mol. The van der Waals surface area contributed by atoms with E-state index in [1.807, 2.05) is 0 Å². The van der Waals surface area contributed by atoms with Crippen molar-refractivity contribution in [3.63, 3.8) is 0 Å². The predicted octanol–water partition coefficient (Wildman–Crippen LogP) is -0.939. The van der Waals surface area contributed by atoms with Crippen molar-refractivity contribution in [1.82, 2.24) is 5.32 Å². The van der Waals surface area contributed by atoms with E-state index in [1.54, 1.807) is 6.92 Å². The molecule has 0 spiro atoms. The highest BCUT2D eigenvalue weighted by Gasteiger charge is 2.37. The summed E-state index contributed by atoms with van der Waals surface area (Å²) in [5.74, 6) is -0.387. The average molecular weight is 221 g/mol. The van der Waals surface area contributed by atoms with Gasteiger partial charge in [0.2, 0.25) is 5.91 Å². The molecule has 1 aliphatic rings. The molecule has 2 atom stereocenters. The molecule has 0 saturated carbocycles. The fraction of sp³-hybridized carbons (Fsp3) is 0.875. The summed E-state index contributed by atoms with van der Waals surface area (Å²) in [5, 5.41) is 10.2. The normalized spacial score (nSPS) is 27.1. The van der Waals surface area contributed by atoms with Crippen LogP contribution in [0.2, 0.25) is 0 Å². The maximum absolute atomic E-state index is 11.4. The molecular weight excluding hydrogens is 206 g/mol. The number of hydrogen-bond donors (Lipinski definition) is 2. The Kier molecular flexibility index (Phi) is 3.49. The number of hydrogen-bond acceptors (Lipinski definition) is 4. The molecule has 6 heteroatoms. The number of carbonyl (C=O) groups is 1. The zero-order valence-corrected chi connectivity index (χ0v) is 8.88. The minimum Gasteiger partial charge on any atom is -0.394 e. The molecule has 0 bridgehead atoms. The highest BCUT2D eigenvalue weighted by atomic mass is 32.2. The average Bonchev–Trinajstić information content (AvgIpc) is 2.45. The molecule has 1 unspecified atom stereocenters. The van der Waals surface area contributed by atoms with Crippen LogP contribution in [0.25, 0.3) is 0 Å². The third-order valence-electron chi connectivity index (χ3n) is 2.28. The number of aliphatic hydroxyl groups excluding tert-OH is 1. The van der Waals surface area contributed by atoms with Gasteiger partial charge < -0.3 is 10.4 Å². The van der Waals surface area contributed by atoms with E-state index in [1.165, 1.54) is 0 Å². The zero-order valence-electron chi connectivity index (χ0n) is 8.06. The Morgan fingerprint density at radius 1 is 1.64 bits per heavy atom. The first-order valence-electron chi connectivity index (χ1n) is 4.60. The minimum absolute atomic E-state index is 0.0958. The SMILES string of the molecule is C[C@@H](CO)NC(=O)C1CCCS1(=O)=O. The summed E-state index contributed by atoms with van der Waals surface area (Å²) in [4.78, 5) is 11.4. The van der Waals surface area contributed by atoms with Crippen LogP contribution in [-0.4, -0.2) is 43.1 Å². The first-order valence-corrected chi connectivity index (χ1v) is 6.31. The topological polar surface area (TPSA) is 83.5 Å². The summed E-state index contributed by atoms with van der Waals surface area (Å²) in [6.45, 7) is 1.44. The van der Waals surface area contributed by atoms with Gasteiger partial charge in [-0.2, -0.15) is 0 Å². The van der Waals surface area contributed by atoms with Gasteiger partial charge in [-0.3, -0.25) is 4.79 Å². The van der Waals surface area contributed by atoms with Crippen molar-refractivity contribution in [3.05, 3.63) is 0 Å². The van der Waals surface area contributed by atoms with Gasteiger partial charge >= 0.3 is 0 Å². The Morgan fingerprint density at radius 2 is 2.29 bits per heavy atom. The van der Waals surface area contributed by atoms with Gasteiger partial charge in [-0.25, -0.2) is 8.42 Å². The fourth-order valence-corrected chi connectivity index (χ4v) is 3.24. The third kappa shape index (κ3) is 2.45. The van der Waals surface area contributed by atoms with E-state index in [9.17, 15) is 13.2 Å². The van der Waals surface area contributed by atoms with Gasteiger partial charge in [0.15, 0.2) is 9.84 Å². The summed E-state index contributed by atoms with van der Waals surface area (Å²) in [6, 6.07) is -0.390. The molecule has 2 N–H and O–H groups in total. The number of carbonyl (C=O) groups excluding carboxylic acids is 1. The molecule has 1 fully saturated rings. The largest absolute Gasteiger partial charge is 0.394 e. The molecule has 0 aromatic carbocycles. The molecular formula is C8H15NO4S. The van der Waals surface area contributed by atoms with Crippen LogP contribution in [0, 0.1) is 0 Å². The van der Waals surface area contributed by atoms with Crippen molar-refractivity contribution < 1.29 is 18.3 Å². The van der Waals surface area contributed by atoms with E-state index in [0.29, 0.717) is 12.8 Å². The minimum atomic E-state index is -3.23. The first kappa shape index (κ1) is 11.5. The molecule has 1 amide bonds. The molecule has 82 valence electrons. The van der Waals surface area contributed by atoms with Crippen LogP contribution in [0.1, 0.15) is 19.8 Å². The highest BCUT2D eigenvalue weighted by Crippen LogP contribution is 2.19. The van der Waals surface area contributed by atoms with Crippen LogP contribution in [-0.2, 0) is 14.6 Å². The van der Waals surface area contributed by atoms with Crippen molar-refractivity contribution in [1.29, 1.82) is 0 Å². The molecule has 0 aromatic heterocycles. The summed E-state index contributed by atoms with van der Waals surface area (Å²) >= 11 is 0. The van der Waals surface area contributed by atoms with E-state index in [-0.39, 0.29) is 12.4 Å². The van der Waals surface area contributed by atoms with E-state index in [0.717, 1.165) is 0 Å². The molecule has 0 aromatic rings. The van der Waals surface area contributed by atoms with E-state index in [4.69, 9.17) is 5.11 Å². The van der Waals surface area contributed by atoms with Gasteiger partial charge in [-0.1, -0.05) is 0 Å². The number of aliphatic hydroxyl groups is 1. The van der Waals surface area contributed by atoms with Crippen LogP contribution in [0.15, 0.2) is 0 Å². The van der Waals surface area contributed by atoms with Gasteiger partial charge in [0.05, 0.1) is 12.4 Å². The molecule has 1 saturated heterocycles. The lowest BCUT2D eigenvalue weighted by atomic mass is 10.2. The summed E-state index contributed by atoms with van der Waals surface area (Å²) < 4.78 is 22.7. The van der Waals surface area contributed by atoms with Gasteiger partial charge in [0.1, 0.15) is 5.25 Å². The van der Waals surface area contributed by atoms with Gasteiger partial charge in [-0.15, -0.1) is 0 Å². The predicted molar refractivity (Wildman–Crippen MR) is 51.5 cm³/mol. The highest BCUT2D eigenvalue weighted by molar-refractivity contribution is 7.93. The lowest BCUT2D eigenvalue weighted by Crippen LogP contribution is -2.43. The van der Waals surface area contributed by atoms with Crippen molar-refractivity contribution in [2.24, 2.45) is 0 Å². The molecule has 14 heavy (non-hydrogen) atoms. The van der Waals surface area contributed by atoms with Crippen molar-refractivity contribution in [3.8, 4) is 0 Å². The van der Waals surface area contributed by atoms with Gasteiger partial charge in [0.25, 0.3) is 0 Å². The summed E-state index contributed by atoms with van der Waals surface area (Å²) in [7, 11) is -3.23. The summed E-state index contributed by atoms with van der Waals surface area (Å²) in [6.07, 6.45) is 0.945. The lowest BCUT2D eigenvalue weighted by Gasteiger charge is -2.14. The van der Waals surface area contributed by atoms with Crippen molar-refractivity contribution >= 4 is 15.7 Å². The van der Waals surface area contributed by atoms with Crippen LogP contribution < -0.4 is 5.32 Å². The number of sulfone groups is 1. The van der Waals surface area contributed by atoms with Crippen molar-refractivity contribution in [2.45, 2.75) is 31.1 Å². The van der Waals surface area contributed by atoms with Crippen LogP contribution in [0.4, 0.5) is 0 Å². The quantitative estimate of drug-likeness (QED) is 0.644. The number of amides is 1. The number of rotatable bonds is 3. The molecule has 0 aliphatic carbocycles. The van der Waals surface area contributed by atoms with E-state index < -0.39 is 27.0 Å². The Hall–Kier alpha value is -0.620. The van der Waals surface area contributed by atoms with Crippen molar-refractivity contribution in [2.75, 3.05) is 12.4 Å². The molecule has 5 nitrogen and oxygen atoms in total. The Labute approximate surface area is 83.4 Å². The second kappa shape index (κ2) is 4.27. The third-order valence-corrected chi connectivity index (χ3v) is 4.46. The lowest BCUT2D eigenvalue weighted by molar-refractivity contribution is -0.121. The Morgan fingerprint density at radius 3 is 2.71 bits per heavy atom. The Balaban J connectivity index is 2.62. The maximum Gasteiger partial charge on any atom is 0.238 e. The second-order valence-corrected chi connectivity index (χ2v) is 5.89. The smallest absolute Gasteiger partial charge is 0.238 e. The molecule has 0 radical (unpaired) electrons. The zero-order chi connectivity index (χ0) is 10.8. The first-order chi connectivity index (χ1) is 6.47.